The molecule has 1 aliphatic rings. The Balaban J connectivity index is 2.03. The third-order valence-corrected chi connectivity index (χ3v) is 2.54. The van der Waals surface area contributed by atoms with Gasteiger partial charge in [0.15, 0.2) is 0 Å². The molecule has 0 spiro atoms. The average Bonchev–Trinajstić information content (AvgIpc) is 3.00. The number of hydrogen-bond acceptors (Lipinski definition) is 3. The minimum Gasteiger partial charge on any atom is -0.480 e. The lowest BCUT2D eigenvalue weighted by Gasteiger charge is -2.13. The average molecular weight is 215 g/mol. The first kappa shape index (κ1) is 12.5. The third kappa shape index (κ3) is 5.74. The summed E-state index contributed by atoms with van der Waals surface area (Å²) in [5.74, 6) is -0.0321. The van der Waals surface area contributed by atoms with Crippen LogP contribution in [0.1, 0.15) is 32.6 Å². The lowest BCUT2D eigenvalue weighted by Crippen LogP contribution is -2.38. The van der Waals surface area contributed by atoms with Crippen molar-refractivity contribution in [2.75, 3.05) is 19.8 Å². The Kier molecular flexibility index (Phi) is 5.65. The van der Waals surface area contributed by atoms with Crippen LogP contribution in [0, 0.1) is 5.92 Å². The van der Waals surface area contributed by atoms with Gasteiger partial charge in [-0.3, -0.25) is 4.79 Å². The van der Waals surface area contributed by atoms with Crippen molar-refractivity contribution < 1.29 is 14.6 Å². The Hall–Kier alpha value is -0.610. The first-order valence-corrected chi connectivity index (χ1v) is 5.78. The first-order valence-electron chi connectivity index (χ1n) is 5.78. The van der Waals surface area contributed by atoms with Gasteiger partial charge in [0.1, 0.15) is 6.04 Å². The second kappa shape index (κ2) is 6.80. The van der Waals surface area contributed by atoms with E-state index in [0.717, 1.165) is 25.5 Å². The van der Waals surface area contributed by atoms with E-state index >= 15 is 0 Å². The molecule has 1 saturated carbocycles. The van der Waals surface area contributed by atoms with Gasteiger partial charge in [0.25, 0.3) is 0 Å². The molecule has 15 heavy (non-hydrogen) atoms. The van der Waals surface area contributed by atoms with E-state index in [9.17, 15) is 4.79 Å². The Morgan fingerprint density at radius 3 is 2.87 bits per heavy atom. The van der Waals surface area contributed by atoms with Gasteiger partial charge >= 0.3 is 5.97 Å². The van der Waals surface area contributed by atoms with Crippen molar-refractivity contribution in [3.63, 3.8) is 0 Å². The Labute approximate surface area is 91.0 Å². The standard InChI is InChI=1S/C11H21NO3/c1-2-6-12-10(11(13)14)5-7-15-8-9-3-4-9/h9-10,12H,2-8H2,1H3,(H,13,14). The van der Waals surface area contributed by atoms with Gasteiger partial charge in [-0.15, -0.1) is 0 Å². The molecule has 0 amide bonds. The van der Waals surface area contributed by atoms with Gasteiger partial charge in [0, 0.05) is 13.2 Å². The highest BCUT2D eigenvalue weighted by atomic mass is 16.5. The zero-order chi connectivity index (χ0) is 11.1. The largest absolute Gasteiger partial charge is 0.480 e. The molecule has 88 valence electrons. The fourth-order valence-corrected chi connectivity index (χ4v) is 1.37. The zero-order valence-electron chi connectivity index (χ0n) is 9.37. The minimum absolute atomic E-state index is 0.454. The molecule has 0 aromatic carbocycles. The molecule has 0 aromatic heterocycles. The number of hydrogen-bond donors (Lipinski definition) is 2. The summed E-state index contributed by atoms with van der Waals surface area (Å²) in [6, 6.07) is -0.454. The number of rotatable bonds is 9. The van der Waals surface area contributed by atoms with E-state index in [-0.39, 0.29) is 0 Å². The summed E-state index contributed by atoms with van der Waals surface area (Å²) in [6.07, 6.45) is 4.06. The monoisotopic (exact) mass is 215 g/mol. The predicted octanol–water partition coefficient (Wildman–Crippen LogP) is 1.26. The van der Waals surface area contributed by atoms with Crippen LogP contribution in [-0.2, 0) is 9.53 Å². The van der Waals surface area contributed by atoms with E-state index in [4.69, 9.17) is 9.84 Å². The maximum absolute atomic E-state index is 10.8. The van der Waals surface area contributed by atoms with Gasteiger partial charge in [-0.1, -0.05) is 6.92 Å². The van der Waals surface area contributed by atoms with Crippen molar-refractivity contribution in [2.45, 2.75) is 38.6 Å². The van der Waals surface area contributed by atoms with Gasteiger partial charge in [-0.25, -0.2) is 0 Å². The molecule has 4 nitrogen and oxygen atoms in total. The van der Waals surface area contributed by atoms with E-state index in [1.165, 1.54) is 12.8 Å². The summed E-state index contributed by atoms with van der Waals surface area (Å²) in [5.41, 5.74) is 0. The van der Waals surface area contributed by atoms with Crippen molar-refractivity contribution in [3.8, 4) is 0 Å². The van der Waals surface area contributed by atoms with E-state index in [2.05, 4.69) is 5.32 Å². The molecule has 1 aliphatic carbocycles. The molecule has 1 unspecified atom stereocenters. The van der Waals surface area contributed by atoms with Crippen molar-refractivity contribution >= 4 is 5.97 Å². The van der Waals surface area contributed by atoms with Gasteiger partial charge < -0.3 is 15.2 Å². The highest BCUT2D eigenvalue weighted by Gasteiger charge is 2.21. The van der Waals surface area contributed by atoms with Crippen LogP contribution in [0.4, 0.5) is 0 Å². The van der Waals surface area contributed by atoms with Crippen molar-refractivity contribution in [1.82, 2.24) is 5.32 Å². The number of aliphatic carboxylic acids is 1. The lowest BCUT2D eigenvalue weighted by molar-refractivity contribution is -0.140. The van der Waals surface area contributed by atoms with E-state index in [1.54, 1.807) is 0 Å². The summed E-state index contributed by atoms with van der Waals surface area (Å²) >= 11 is 0. The molecule has 4 heteroatoms. The maximum Gasteiger partial charge on any atom is 0.320 e. The molecule has 0 saturated heterocycles. The molecule has 2 N–H and O–H groups in total. The fraction of sp³-hybridized carbons (Fsp3) is 0.909. The summed E-state index contributed by atoms with van der Waals surface area (Å²) in [7, 11) is 0. The highest BCUT2D eigenvalue weighted by Crippen LogP contribution is 2.28. The highest BCUT2D eigenvalue weighted by molar-refractivity contribution is 5.73. The Morgan fingerprint density at radius 2 is 2.33 bits per heavy atom. The van der Waals surface area contributed by atoms with Crippen LogP contribution in [-0.4, -0.2) is 36.9 Å². The molecule has 0 bridgehead atoms. The van der Waals surface area contributed by atoms with Gasteiger partial charge in [-0.05, 0) is 38.1 Å². The molecule has 1 atom stereocenters. The smallest absolute Gasteiger partial charge is 0.320 e. The van der Waals surface area contributed by atoms with E-state index in [1.807, 2.05) is 6.92 Å². The predicted molar refractivity (Wildman–Crippen MR) is 57.9 cm³/mol. The minimum atomic E-state index is -0.779. The summed E-state index contributed by atoms with van der Waals surface area (Å²) in [6.45, 7) is 4.12. The third-order valence-electron chi connectivity index (χ3n) is 2.54. The van der Waals surface area contributed by atoms with Crippen LogP contribution >= 0.6 is 0 Å². The van der Waals surface area contributed by atoms with Crippen LogP contribution in [0.2, 0.25) is 0 Å². The Bertz CT molecular complexity index is 192. The molecule has 0 heterocycles. The number of carboxylic acids is 1. The van der Waals surface area contributed by atoms with Crippen LogP contribution in [0.25, 0.3) is 0 Å². The quantitative estimate of drug-likeness (QED) is 0.568. The summed E-state index contributed by atoms with van der Waals surface area (Å²) in [4.78, 5) is 10.8. The van der Waals surface area contributed by atoms with Gasteiger partial charge in [0.2, 0.25) is 0 Å². The normalized spacial score (nSPS) is 17.7. The van der Waals surface area contributed by atoms with E-state index in [0.29, 0.717) is 13.0 Å². The first-order chi connectivity index (χ1) is 7.24. The molecular formula is C11H21NO3. The molecule has 0 aromatic rings. The molecular weight excluding hydrogens is 194 g/mol. The van der Waals surface area contributed by atoms with Crippen LogP contribution in [0.3, 0.4) is 0 Å². The molecule has 1 rings (SSSR count). The second-order valence-electron chi connectivity index (χ2n) is 4.15. The topological polar surface area (TPSA) is 58.6 Å². The SMILES string of the molecule is CCCNC(CCOCC1CC1)C(=O)O. The lowest BCUT2D eigenvalue weighted by atomic mass is 10.2. The Morgan fingerprint density at radius 1 is 1.60 bits per heavy atom. The van der Waals surface area contributed by atoms with Crippen molar-refractivity contribution in [1.29, 1.82) is 0 Å². The summed E-state index contributed by atoms with van der Waals surface area (Å²) < 4.78 is 5.41. The zero-order valence-corrected chi connectivity index (χ0v) is 9.37. The molecule has 0 aliphatic heterocycles. The number of carbonyl (C=O) groups is 1. The van der Waals surface area contributed by atoms with Crippen LogP contribution in [0.15, 0.2) is 0 Å². The molecule has 0 radical (unpaired) electrons. The fourth-order valence-electron chi connectivity index (χ4n) is 1.37. The second-order valence-corrected chi connectivity index (χ2v) is 4.15. The molecule has 1 fully saturated rings. The number of carboxylic acid groups (broad SMARTS) is 1. The summed E-state index contributed by atoms with van der Waals surface area (Å²) in [5, 5.41) is 11.9. The van der Waals surface area contributed by atoms with E-state index < -0.39 is 12.0 Å². The van der Waals surface area contributed by atoms with Crippen molar-refractivity contribution in [2.24, 2.45) is 5.92 Å². The van der Waals surface area contributed by atoms with Crippen LogP contribution < -0.4 is 5.32 Å². The van der Waals surface area contributed by atoms with Gasteiger partial charge in [-0.2, -0.15) is 0 Å². The van der Waals surface area contributed by atoms with Crippen molar-refractivity contribution in [3.05, 3.63) is 0 Å². The number of ether oxygens (including phenoxy) is 1. The van der Waals surface area contributed by atoms with Crippen LogP contribution in [0.5, 0.6) is 0 Å². The number of nitrogens with one attached hydrogen (secondary N) is 1. The van der Waals surface area contributed by atoms with Gasteiger partial charge in [0.05, 0.1) is 0 Å². The maximum atomic E-state index is 10.8.